The van der Waals surface area contributed by atoms with Crippen molar-refractivity contribution in [2.24, 2.45) is 5.10 Å². The third-order valence-electron chi connectivity index (χ3n) is 5.14. The minimum atomic E-state index is -4.10. The molecule has 1 aromatic heterocycles. The number of sulfone groups is 1. The highest BCUT2D eigenvalue weighted by Crippen LogP contribution is 2.27. The molecule has 176 valence electrons. The van der Waals surface area contributed by atoms with E-state index in [2.05, 4.69) is 9.93 Å². The van der Waals surface area contributed by atoms with Crippen LogP contribution in [0.2, 0.25) is 0 Å². The number of methoxy groups -OCH3 is 1. The minimum Gasteiger partial charge on any atom is -0.493 e. The van der Waals surface area contributed by atoms with Gasteiger partial charge < -0.3 is 9.15 Å². The Morgan fingerprint density at radius 3 is 2.00 bits per heavy atom. The summed E-state index contributed by atoms with van der Waals surface area (Å²) in [6.45, 7) is 3.67. The summed E-state index contributed by atoms with van der Waals surface area (Å²) in [6.07, 6.45) is 0. The standard InChI is InChI=1S/C24H22N2O6S2/c1-16-7-11-19(12-8-16)33(27,28)22-15-18-5-4-6-21(31-3)23(18)32-24(22)25-26-34(29,30)20-13-9-17(2)10-14-20/h4-15,26H,1-3H3/b25-24+. The molecule has 4 aromatic rings. The van der Waals surface area contributed by atoms with Crippen molar-refractivity contribution >= 4 is 30.8 Å². The first kappa shape index (κ1) is 23.5. The van der Waals surface area contributed by atoms with E-state index in [1.54, 1.807) is 42.5 Å². The second-order valence-electron chi connectivity index (χ2n) is 7.63. The smallest absolute Gasteiger partial charge is 0.276 e. The van der Waals surface area contributed by atoms with Gasteiger partial charge >= 0.3 is 0 Å². The van der Waals surface area contributed by atoms with Crippen LogP contribution in [-0.2, 0) is 19.9 Å². The number of rotatable bonds is 6. The van der Waals surface area contributed by atoms with Crippen LogP contribution in [0.4, 0.5) is 0 Å². The zero-order chi connectivity index (χ0) is 24.5. The molecule has 1 N–H and O–H groups in total. The Morgan fingerprint density at radius 1 is 0.824 bits per heavy atom. The summed E-state index contributed by atoms with van der Waals surface area (Å²) in [5.41, 5.74) is 1.58. The molecule has 0 fully saturated rings. The van der Waals surface area contributed by atoms with Crippen LogP contribution in [0.25, 0.3) is 11.0 Å². The zero-order valence-electron chi connectivity index (χ0n) is 18.6. The molecular weight excluding hydrogens is 476 g/mol. The summed E-state index contributed by atoms with van der Waals surface area (Å²) < 4.78 is 63.5. The lowest BCUT2D eigenvalue weighted by Crippen LogP contribution is -2.24. The molecule has 0 unspecified atom stereocenters. The molecule has 0 aliphatic carbocycles. The third kappa shape index (κ3) is 4.55. The van der Waals surface area contributed by atoms with Crippen LogP contribution in [0.5, 0.6) is 5.75 Å². The molecule has 4 rings (SSSR count). The first-order chi connectivity index (χ1) is 16.1. The topological polar surface area (TPSA) is 115 Å². The maximum Gasteiger partial charge on any atom is 0.276 e. The van der Waals surface area contributed by atoms with Gasteiger partial charge in [-0.25, -0.2) is 8.42 Å². The largest absolute Gasteiger partial charge is 0.493 e. The van der Waals surface area contributed by atoms with Crippen LogP contribution in [0.1, 0.15) is 11.1 Å². The van der Waals surface area contributed by atoms with Crippen molar-refractivity contribution in [1.29, 1.82) is 0 Å². The summed E-state index contributed by atoms with van der Waals surface area (Å²) in [5.74, 6) is 0.342. The van der Waals surface area contributed by atoms with Crippen LogP contribution in [0, 0.1) is 13.8 Å². The maximum atomic E-state index is 13.5. The highest BCUT2D eigenvalue weighted by atomic mass is 32.2. The second kappa shape index (κ2) is 8.96. The van der Waals surface area contributed by atoms with E-state index in [9.17, 15) is 16.8 Å². The van der Waals surface area contributed by atoms with Gasteiger partial charge in [0, 0.05) is 5.39 Å². The number of sulfonamides is 1. The van der Waals surface area contributed by atoms with Crippen molar-refractivity contribution < 1.29 is 26.0 Å². The maximum absolute atomic E-state index is 13.5. The summed E-state index contributed by atoms with van der Waals surface area (Å²) >= 11 is 0. The minimum absolute atomic E-state index is 0.0217. The van der Waals surface area contributed by atoms with E-state index in [1.807, 2.05) is 13.8 Å². The van der Waals surface area contributed by atoms with Gasteiger partial charge in [0.15, 0.2) is 11.3 Å². The molecule has 10 heteroatoms. The molecule has 1 heterocycles. The van der Waals surface area contributed by atoms with Gasteiger partial charge in [0.05, 0.1) is 16.9 Å². The average Bonchev–Trinajstić information content (AvgIpc) is 2.82. The predicted molar refractivity (Wildman–Crippen MR) is 126 cm³/mol. The lowest BCUT2D eigenvalue weighted by atomic mass is 10.2. The molecule has 0 saturated heterocycles. The monoisotopic (exact) mass is 498 g/mol. The van der Waals surface area contributed by atoms with Crippen LogP contribution in [0.3, 0.4) is 0 Å². The fourth-order valence-electron chi connectivity index (χ4n) is 3.25. The Balaban J connectivity index is 1.93. The number of nitrogens with zero attached hydrogens (tertiary/aromatic N) is 1. The van der Waals surface area contributed by atoms with Crippen molar-refractivity contribution in [3.63, 3.8) is 0 Å². The molecule has 0 saturated carbocycles. The summed E-state index contributed by atoms with van der Waals surface area (Å²) in [7, 11) is -6.74. The van der Waals surface area contributed by atoms with Gasteiger partial charge in [-0.1, -0.05) is 47.5 Å². The molecular formula is C24H22N2O6S2. The Labute approximate surface area is 197 Å². The van der Waals surface area contributed by atoms with E-state index in [0.29, 0.717) is 11.1 Å². The SMILES string of the molecule is COc1cccc2cc(S(=O)(=O)c3ccc(C)cc3)/c(=N\NS(=O)(=O)c3ccc(C)cc3)oc12. The molecule has 0 bridgehead atoms. The molecule has 3 aromatic carbocycles. The first-order valence-corrected chi connectivity index (χ1v) is 13.1. The van der Waals surface area contributed by atoms with Crippen LogP contribution < -0.4 is 15.1 Å². The third-order valence-corrected chi connectivity index (χ3v) is 8.13. The predicted octanol–water partition coefficient (Wildman–Crippen LogP) is 3.69. The van der Waals surface area contributed by atoms with Gasteiger partial charge in [0.25, 0.3) is 15.6 Å². The van der Waals surface area contributed by atoms with Gasteiger partial charge in [0.1, 0.15) is 4.90 Å². The van der Waals surface area contributed by atoms with E-state index in [-0.39, 0.29) is 20.3 Å². The normalized spacial score (nSPS) is 12.6. The van der Waals surface area contributed by atoms with Crippen LogP contribution in [-0.4, -0.2) is 23.9 Å². The fourth-order valence-corrected chi connectivity index (χ4v) is 5.40. The van der Waals surface area contributed by atoms with Crippen molar-refractivity contribution in [3.8, 4) is 5.75 Å². The number of para-hydroxylation sites is 1. The number of fused-ring (bicyclic) bond motifs is 1. The number of benzene rings is 3. The summed E-state index contributed by atoms with van der Waals surface area (Å²) in [4.78, 5) is 1.79. The van der Waals surface area contributed by atoms with Crippen molar-refractivity contribution in [1.82, 2.24) is 4.83 Å². The van der Waals surface area contributed by atoms with Crippen molar-refractivity contribution in [2.75, 3.05) is 7.11 Å². The Kier molecular flexibility index (Phi) is 6.20. The number of hydrogen-bond acceptors (Lipinski definition) is 7. The van der Waals surface area contributed by atoms with E-state index in [1.165, 1.54) is 37.4 Å². The zero-order valence-corrected chi connectivity index (χ0v) is 20.3. The van der Waals surface area contributed by atoms with Crippen molar-refractivity contribution in [2.45, 2.75) is 28.5 Å². The van der Waals surface area contributed by atoms with Gasteiger partial charge in [-0.15, -0.1) is 5.10 Å². The Hall–Kier alpha value is -3.63. The number of ether oxygens (including phenoxy) is 1. The fraction of sp³-hybridized carbons (Fsp3) is 0.125. The molecule has 34 heavy (non-hydrogen) atoms. The Morgan fingerprint density at radius 2 is 1.41 bits per heavy atom. The number of hydrogen-bond donors (Lipinski definition) is 1. The van der Waals surface area contributed by atoms with E-state index in [0.717, 1.165) is 11.1 Å². The Bertz CT molecular complexity index is 1640. The lowest BCUT2D eigenvalue weighted by Gasteiger charge is -2.09. The van der Waals surface area contributed by atoms with Gasteiger partial charge in [-0.3, -0.25) is 0 Å². The van der Waals surface area contributed by atoms with Gasteiger partial charge in [-0.2, -0.15) is 13.2 Å². The van der Waals surface area contributed by atoms with Crippen LogP contribution in [0.15, 0.2) is 97.0 Å². The first-order valence-electron chi connectivity index (χ1n) is 10.2. The second-order valence-corrected chi connectivity index (χ2v) is 11.2. The molecule has 0 atom stereocenters. The van der Waals surface area contributed by atoms with E-state index in [4.69, 9.17) is 9.15 Å². The van der Waals surface area contributed by atoms with Crippen LogP contribution >= 0.6 is 0 Å². The summed E-state index contributed by atoms with van der Waals surface area (Å²) in [5, 5.41) is 4.32. The highest BCUT2D eigenvalue weighted by Gasteiger charge is 2.24. The van der Waals surface area contributed by atoms with Gasteiger partial charge in [-0.05, 0) is 50.2 Å². The highest BCUT2D eigenvalue weighted by molar-refractivity contribution is 7.91. The van der Waals surface area contributed by atoms with Crippen molar-refractivity contribution in [3.05, 3.63) is 89.5 Å². The average molecular weight is 499 g/mol. The van der Waals surface area contributed by atoms with Gasteiger partial charge in [0.2, 0.25) is 9.84 Å². The molecule has 0 aliphatic rings. The number of aryl methyl sites for hydroxylation is 2. The quantitative estimate of drug-likeness (QED) is 0.406. The molecule has 0 radical (unpaired) electrons. The van der Waals surface area contributed by atoms with E-state index >= 15 is 0 Å². The molecule has 0 amide bonds. The molecule has 8 nitrogen and oxygen atoms in total. The lowest BCUT2D eigenvalue weighted by molar-refractivity contribution is 0.402. The number of nitrogens with one attached hydrogen (secondary N) is 1. The molecule has 0 aliphatic heterocycles. The summed E-state index contributed by atoms with van der Waals surface area (Å²) in [6, 6.07) is 18.8. The van der Waals surface area contributed by atoms with E-state index < -0.39 is 25.4 Å². The molecule has 0 spiro atoms.